The van der Waals surface area contributed by atoms with E-state index in [4.69, 9.17) is 16.7 Å². The van der Waals surface area contributed by atoms with E-state index in [1.165, 1.54) is 6.08 Å². The van der Waals surface area contributed by atoms with E-state index >= 15 is 0 Å². The van der Waals surface area contributed by atoms with E-state index in [0.29, 0.717) is 17.1 Å². The number of carbonyl (C=O) groups is 2. The Kier molecular flexibility index (Phi) is 6.75. The average molecular weight is 311 g/mol. The number of benzene rings is 1. The first-order chi connectivity index (χ1) is 9.93. The minimum Gasteiger partial charge on any atom is -0.478 e. The van der Waals surface area contributed by atoms with Crippen LogP contribution in [0, 0.1) is 0 Å². The van der Waals surface area contributed by atoms with Crippen LogP contribution in [-0.4, -0.2) is 37.1 Å². The minimum absolute atomic E-state index is 0.0506. The molecule has 5 nitrogen and oxygen atoms in total. The second kappa shape index (κ2) is 8.32. The quantitative estimate of drug-likeness (QED) is 0.759. The molecule has 0 aliphatic rings. The maximum Gasteiger partial charge on any atom is 0.328 e. The van der Waals surface area contributed by atoms with Crippen molar-refractivity contribution in [2.45, 2.75) is 13.3 Å². The summed E-state index contributed by atoms with van der Waals surface area (Å²) < 4.78 is 0. The molecule has 0 spiro atoms. The third kappa shape index (κ3) is 5.87. The molecule has 114 valence electrons. The zero-order valence-corrected chi connectivity index (χ0v) is 12.9. The van der Waals surface area contributed by atoms with Crippen LogP contribution in [0.5, 0.6) is 0 Å². The van der Waals surface area contributed by atoms with Crippen LogP contribution in [0.4, 0.5) is 5.69 Å². The van der Waals surface area contributed by atoms with Crippen molar-refractivity contribution in [2.75, 3.05) is 25.0 Å². The lowest BCUT2D eigenvalue weighted by molar-refractivity contribution is -0.131. The number of carboxylic acids is 1. The highest BCUT2D eigenvalue weighted by atomic mass is 35.5. The fourth-order valence-corrected chi connectivity index (χ4v) is 1.91. The Balaban J connectivity index is 2.74. The summed E-state index contributed by atoms with van der Waals surface area (Å²) >= 11 is 6.11. The molecule has 0 aliphatic heterocycles. The fourth-order valence-electron chi connectivity index (χ4n) is 1.68. The van der Waals surface area contributed by atoms with Crippen LogP contribution in [-0.2, 0) is 9.59 Å². The second-order valence-corrected chi connectivity index (χ2v) is 4.99. The third-order valence-corrected chi connectivity index (χ3v) is 3.11. The van der Waals surface area contributed by atoms with Gasteiger partial charge in [-0.2, -0.15) is 0 Å². The summed E-state index contributed by atoms with van der Waals surface area (Å²) in [5.74, 6) is -1.08. The highest BCUT2D eigenvalue weighted by molar-refractivity contribution is 6.32. The monoisotopic (exact) mass is 310 g/mol. The van der Waals surface area contributed by atoms with E-state index in [0.717, 1.165) is 18.2 Å². The van der Waals surface area contributed by atoms with Gasteiger partial charge in [0.1, 0.15) is 0 Å². The van der Waals surface area contributed by atoms with Gasteiger partial charge in [-0.15, -0.1) is 0 Å². The van der Waals surface area contributed by atoms with Gasteiger partial charge in [0.05, 0.1) is 6.54 Å². The highest BCUT2D eigenvalue weighted by Gasteiger charge is 2.08. The van der Waals surface area contributed by atoms with E-state index in [9.17, 15) is 9.59 Å². The normalized spacial score (nSPS) is 10.6. The van der Waals surface area contributed by atoms with Crippen molar-refractivity contribution in [1.82, 2.24) is 5.32 Å². The van der Waals surface area contributed by atoms with Gasteiger partial charge < -0.3 is 15.3 Å². The Labute approximate surface area is 129 Å². The zero-order valence-electron chi connectivity index (χ0n) is 12.1. The molecule has 1 aromatic rings. The summed E-state index contributed by atoms with van der Waals surface area (Å²) in [6.07, 6.45) is 3.36. The van der Waals surface area contributed by atoms with Crippen LogP contribution >= 0.6 is 11.6 Å². The van der Waals surface area contributed by atoms with Crippen molar-refractivity contribution >= 4 is 35.2 Å². The number of nitrogens with zero attached hydrogens (tertiary/aromatic N) is 1. The molecule has 0 bridgehead atoms. The molecule has 0 radical (unpaired) electrons. The Hall–Kier alpha value is -2.01. The summed E-state index contributed by atoms with van der Waals surface area (Å²) in [4.78, 5) is 23.9. The molecule has 1 rings (SSSR count). The van der Waals surface area contributed by atoms with Gasteiger partial charge in [0.2, 0.25) is 5.91 Å². The maximum atomic E-state index is 11.7. The van der Waals surface area contributed by atoms with Gasteiger partial charge >= 0.3 is 5.97 Å². The van der Waals surface area contributed by atoms with E-state index in [2.05, 4.69) is 5.32 Å². The molecular formula is C15H19ClN2O3. The molecule has 0 atom stereocenters. The van der Waals surface area contributed by atoms with Crippen LogP contribution in [0.25, 0.3) is 6.08 Å². The number of hydrogen-bond acceptors (Lipinski definition) is 3. The number of halogens is 1. The first-order valence-corrected chi connectivity index (χ1v) is 7.00. The topological polar surface area (TPSA) is 69.6 Å². The van der Waals surface area contributed by atoms with Crippen LogP contribution in [0.1, 0.15) is 18.9 Å². The second-order valence-electron chi connectivity index (χ2n) is 4.58. The molecule has 21 heavy (non-hydrogen) atoms. The highest BCUT2D eigenvalue weighted by Crippen LogP contribution is 2.24. The number of likely N-dealkylation sites (N-methyl/N-ethyl adjacent to an activating group) is 1. The molecule has 1 aromatic carbocycles. The summed E-state index contributed by atoms with van der Waals surface area (Å²) in [5.41, 5.74) is 1.41. The molecule has 0 saturated carbocycles. The predicted molar refractivity (Wildman–Crippen MR) is 84.7 cm³/mol. The van der Waals surface area contributed by atoms with Crippen LogP contribution in [0.2, 0.25) is 5.02 Å². The predicted octanol–water partition coefficient (Wildman–Crippen LogP) is 2.40. The zero-order chi connectivity index (χ0) is 15.8. The van der Waals surface area contributed by atoms with Crippen molar-refractivity contribution in [3.8, 4) is 0 Å². The summed E-state index contributed by atoms with van der Waals surface area (Å²) in [6, 6.07) is 5.22. The van der Waals surface area contributed by atoms with E-state index < -0.39 is 5.97 Å². The summed E-state index contributed by atoms with van der Waals surface area (Å²) in [7, 11) is 1.80. The third-order valence-electron chi connectivity index (χ3n) is 2.78. The molecule has 0 fully saturated rings. The van der Waals surface area contributed by atoms with Gasteiger partial charge in [-0.1, -0.05) is 24.6 Å². The van der Waals surface area contributed by atoms with Crippen molar-refractivity contribution in [3.63, 3.8) is 0 Å². The number of carbonyl (C=O) groups excluding carboxylic acids is 1. The maximum absolute atomic E-state index is 11.7. The molecule has 2 N–H and O–H groups in total. The van der Waals surface area contributed by atoms with Gasteiger partial charge in [0.15, 0.2) is 0 Å². The first kappa shape index (κ1) is 17.0. The minimum atomic E-state index is -1.03. The van der Waals surface area contributed by atoms with E-state index in [1.54, 1.807) is 30.1 Å². The smallest absolute Gasteiger partial charge is 0.328 e. The van der Waals surface area contributed by atoms with Crippen molar-refractivity contribution in [3.05, 3.63) is 34.9 Å². The molecule has 0 aliphatic carbocycles. The first-order valence-electron chi connectivity index (χ1n) is 6.62. The van der Waals surface area contributed by atoms with Gasteiger partial charge in [0.25, 0.3) is 0 Å². The number of carboxylic acid groups (broad SMARTS) is 1. The van der Waals surface area contributed by atoms with Crippen LogP contribution < -0.4 is 10.2 Å². The van der Waals surface area contributed by atoms with Crippen LogP contribution in [0.15, 0.2) is 24.3 Å². The standard InChI is InChI=1S/C15H19ClN2O3/c1-3-8-17-14(19)10-18(2)12-6-4-11(13(16)9-12)5-7-15(20)21/h4-7,9H,3,8,10H2,1-2H3,(H,17,19)(H,20,21)/b7-5+. The Morgan fingerprint density at radius 2 is 2.14 bits per heavy atom. The largest absolute Gasteiger partial charge is 0.478 e. The van der Waals surface area contributed by atoms with Gasteiger partial charge in [-0.3, -0.25) is 4.79 Å². The lowest BCUT2D eigenvalue weighted by Crippen LogP contribution is -2.35. The lowest BCUT2D eigenvalue weighted by atomic mass is 10.2. The van der Waals surface area contributed by atoms with Gasteiger partial charge in [-0.25, -0.2) is 4.79 Å². The number of rotatable bonds is 7. The Bertz CT molecular complexity index is 544. The van der Waals surface area contributed by atoms with Gasteiger partial charge in [-0.05, 0) is 30.2 Å². The molecular weight excluding hydrogens is 292 g/mol. The molecule has 1 amide bonds. The van der Waals surface area contributed by atoms with Crippen molar-refractivity contribution < 1.29 is 14.7 Å². The molecule has 0 saturated heterocycles. The Morgan fingerprint density at radius 1 is 1.43 bits per heavy atom. The number of anilines is 1. The van der Waals surface area contributed by atoms with E-state index in [-0.39, 0.29) is 12.5 Å². The number of amides is 1. The van der Waals surface area contributed by atoms with Crippen LogP contribution in [0.3, 0.4) is 0 Å². The number of aliphatic carboxylic acids is 1. The molecule has 0 heterocycles. The lowest BCUT2D eigenvalue weighted by Gasteiger charge is -2.19. The molecule has 6 heteroatoms. The SMILES string of the molecule is CCCNC(=O)CN(C)c1ccc(/C=C/C(=O)O)c(Cl)c1. The molecule has 0 aromatic heterocycles. The Morgan fingerprint density at radius 3 is 2.71 bits per heavy atom. The molecule has 0 unspecified atom stereocenters. The fraction of sp³-hybridized carbons (Fsp3) is 0.333. The average Bonchev–Trinajstić information content (AvgIpc) is 2.43. The number of hydrogen-bond donors (Lipinski definition) is 2. The van der Waals surface area contributed by atoms with Gasteiger partial charge in [0, 0.05) is 30.4 Å². The summed E-state index contributed by atoms with van der Waals surface area (Å²) in [6.45, 7) is 2.89. The summed E-state index contributed by atoms with van der Waals surface area (Å²) in [5, 5.41) is 11.8. The van der Waals surface area contributed by atoms with Crippen molar-refractivity contribution in [1.29, 1.82) is 0 Å². The van der Waals surface area contributed by atoms with Crippen molar-refractivity contribution in [2.24, 2.45) is 0 Å². The number of nitrogens with one attached hydrogen (secondary N) is 1. The van der Waals surface area contributed by atoms with E-state index in [1.807, 2.05) is 6.92 Å².